The molecule has 2 amide bonds. The first-order valence-corrected chi connectivity index (χ1v) is 8.76. The van der Waals surface area contributed by atoms with E-state index in [2.05, 4.69) is 31.2 Å². The predicted molar refractivity (Wildman–Crippen MR) is 104 cm³/mol. The Balaban J connectivity index is 2.43. The van der Waals surface area contributed by atoms with E-state index in [0.29, 0.717) is 24.9 Å². The Hall–Kier alpha value is -2.64. The Morgan fingerprint density at radius 3 is 2.50 bits per heavy atom. The predicted octanol–water partition coefficient (Wildman–Crippen LogP) is 1.19. The number of anilines is 1. The second-order valence-electron chi connectivity index (χ2n) is 6.88. The molecule has 0 aromatic carbocycles. The molecule has 0 spiro atoms. The van der Waals surface area contributed by atoms with Gasteiger partial charge < -0.3 is 21.3 Å². The zero-order chi connectivity index (χ0) is 19.6. The van der Waals surface area contributed by atoms with Crippen LogP contribution in [0.2, 0.25) is 0 Å². The number of carbonyl (C=O) groups excluding carboxylic acids is 2. The molecular formula is C18H30N6O2. The van der Waals surface area contributed by atoms with Crippen LogP contribution < -0.4 is 21.3 Å². The Morgan fingerprint density at radius 1 is 1.15 bits per heavy atom. The van der Waals surface area contributed by atoms with Crippen LogP contribution in [0.5, 0.6) is 0 Å². The Bertz CT molecular complexity index is 637. The largest absolute Gasteiger partial charge is 0.357 e. The van der Waals surface area contributed by atoms with E-state index < -0.39 is 0 Å². The average Bonchev–Trinajstić information content (AvgIpc) is 2.51. The van der Waals surface area contributed by atoms with Crippen molar-refractivity contribution in [3.63, 3.8) is 0 Å². The first kappa shape index (κ1) is 21.4. The van der Waals surface area contributed by atoms with Gasteiger partial charge in [0.05, 0.1) is 0 Å². The van der Waals surface area contributed by atoms with E-state index in [0.717, 1.165) is 5.69 Å². The molecule has 26 heavy (non-hydrogen) atoms. The number of rotatable bonds is 7. The third kappa shape index (κ3) is 9.61. The number of hydrogen-bond donors (Lipinski definition) is 4. The summed E-state index contributed by atoms with van der Waals surface area (Å²) in [4.78, 5) is 32.3. The third-order valence-electron chi connectivity index (χ3n) is 3.04. The number of aliphatic imine (C=N–C) groups is 1. The van der Waals surface area contributed by atoms with E-state index in [4.69, 9.17) is 0 Å². The number of amides is 2. The van der Waals surface area contributed by atoms with Crippen LogP contribution in [-0.4, -0.2) is 47.9 Å². The maximum absolute atomic E-state index is 12.0. The number of guanidine groups is 1. The van der Waals surface area contributed by atoms with Gasteiger partial charge in [-0.15, -0.1) is 0 Å². The molecule has 0 saturated carbocycles. The summed E-state index contributed by atoms with van der Waals surface area (Å²) in [5.41, 5.74) is 0.552. The first-order chi connectivity index (χ1) is 12.2. The summed E-state index contributed by atoms with van der Waals surface area (Å²) in [6, 6.07) is 5.46. The van der Waals surface area contributed by atoms with Crippen molar-refractivity contribution < 1.29 is 9.59 Å². The number of nitrogens with zero attached hydrogens (tertiary/aromatic N) is 2. The van der Waals surface area contributed by atoms with Crippen molar-refractivity contribution in [1.29, 1.82) is 0 Å². The summed E-state index contributed by atoms with van der Waals surface area (Å²) in [6.45, 7) is 10.6. The van der Waals surface area contributed by atoms with Crippen LogP contribution in [0.4, 0.5) is 5.82 Å². The zero-order valence-corrected chi connectivity index (χ0v) is 16.3. The zero-order valence-electron chi connectivity index (χ0n) is 16.3. The van der Waals surface area contributed by atoms with Crippen molar-refractivity contribution in [2.24, 2.45) is 4.99 Å². The number of nitrogens with one attached hydrogen (secondary N) is 4. The van der Waals surface area contributed by atoms with Crippen LogP contribution in [0.3, 0.4) is 0 Å². The number of carbonyl (C=O) groups is 2. The minimum absolute atomic E-state index is 0.0199. The molecule has 4 N–H and O–H groups in total. The molecule has 1 aromatic heterocycles. The molecule has 1 heterocycles. The van der Waals surface area contributed by atoms with Gasteiger partial charge in [-0.1, -0.05) is 6.07 Å². The van der Waals surface area contributed by atoms with Gasteiger partial charge >= 0.3 is 0 Å². The van der Waals surface area contributed by atoms with Gasteiger partial charge in [0.1, 0.15) is 12.4 Å². The number of aryl methyl sites for hydroxylation is 1. The third-order valence-corrected chi connectivity index (χ3v) is 3.04. The summed E-state index contributed by atoms with van der Waals surface area (Å²) in [5.74, 6) is 0.738. The van der Waals surface area contributed by atoms with Crippen LogP contribution in [0.1, 0.15) is 39.8 Å². The molecule has 1 rings (SSSR count). The molecule has 0 aliphatic carbocycles. The molecule has 0 unspecified atom stereocenters. The lowest BCUT2D eigenvalue weighted by Crippen LogP contribution is -2.43. The number of pyridine rings is 1. The second kappa shape index (κ2) is 10.4. The van der Waals surface area contributed by atoms with Crippen molar-refractivity contribution in [1.82, 2.24) is 20.9 Å². The number of aromatic nitrogens is 1. The van der Waals surface area contributed by atoms with Crippen molar-refractivity contribution in [3.8, 4) is 0 Å². The van der Waals surface area contributed by atoms with Crippen molar-refractivity contribution in [3.05, 3.63) is 23.9 Å². The highest BCUT2D eigenvalue weighted by molar-refractivity contribution is 5.90. The van der Waals surface area contributed by atoms with E-state index >= 15 is 0 Å². The molecule has 8 nitrogen and oxygen atoms in total. The maximum atomic E-state index is 12.0. The molecule has 0 aliphatic heterocycles. The van der Waals surface area contributed by atoms with Gasteiger partial charge in [0, 0.05) is 30.7 Å². The van der Waals surface area contributed by atoms with E-state index in [1.165, 1.54) is 0 Å². The molecule has 0 radical (unpaired) electrons. The first-order valence-electron chi connectivity index (χ1n) is 8.76. The van der Waals surface area contributed by atoms with Gasteiger partial charge in [-0.05, 0) is 46.8 Å². The van der Waals surface area contributed by atoms with Gasteiger partial charge in [-0.25, -0.2) is 9.98 Å². The van der Waals surface area contributed by atoms with Crippen molar-refractivity contribution >= 4 is 23.6 Å². The fraction of sp³-hybridized carbons (Fsp3) is 0.556. The van der Waals surface area contributed by atoms with Crippen molar-refractivity contribution in [2.75, 3.05) is 25.0 Å². The molecule has 0 fully saturated rings. The van der Waals surface area contributed by atoms with E-state index in [-0.39, 0.29) is 30.3 Å². The lowest BCUT2D eigenvalue weighted by molar-refractivity contribution is -0.121. The summed E-state index contributed by atoms with van der Waals surface area (Å²) >= 11 is 0. The second-order valence-corrected chi connectivity index (χ2v) is 6.88. The van der Waals surface area contributed by atoms with Gasteiger partial charge in [0.2, 0.25) is 11.8 Å². The van der Waals surface area contributed by atoms with Crippen LogP contribution in [0, 0.1) is 6.92 Å². The average molecular weight is 362 g/mol. The van der Waals surface area contributed by atoms with Gasteiger partial charge in [0.15, 0.2) is 5.96 Å². The van der Waals surface area contributed by atoms with Crippen LogP contribution in [0.15, 0.2) is 23.2 Å². The fourth-order valence-electron chi connectivity index (χ4n) is 2.06. The molecule has 0 atom stereocenters. The van der Waals surface area contributed by atoms with E-state index in [1.807, 2.05) is 46.8 Å². The molecule has 0 bridgehead atoms. The molecular weight excluding hydrogens is 332 g/mol. The summed E-state index contributed by atoms with van der Waals surface area (Å²) < 4.78 is 0. The van der Waals surface area contributed by atoms with Gasteiger partial charge in [-0.3, -0.25) is 9.59 Å². The Morgan fingerprint density at radius 2 is 1.88 bits per heavy atom. The highest BCUT2D eigenvalue weighted by atomic mass is 16.2. The molecule has 1 aromatic rings. The lowest BCUT2D eigenvalue weighted by atomic mass is 10.1. The molecule has 144 valence electrons. The Labute approximate surface area is 155 Å². The smallest absolute Gasteiger partial charge is 0.242 e. The van der Waals surface area contributed by atoms with E-state index in [9.17, 15) is 9.59 Å². The quantitative estimate of drug-likeness (QED) is 0.430. The van der Waals surface area contributed by atoms with Crippen molar-refractivity contribution in [2.45, 2.75) is 46.6 Å². The SMILES string of the molecule is CCNC(=NCC(=O)NC(C)(C)C)NCCC(=O)Nc1cccc(C)n1. The Kier molecular flexibility index (Phi) is 8.54. The van der Waals surface area contributed by atoms with Gasteiger partial charge in [-0.2, -0.15) is 0 Å². The molecule has 0 saturated heterocycles. The van der Waals surface area contributed by atoms with Crippen LogP contribution in [0.25, 0.3) is 0 Å². The summed E-state index contributed by atoms with van der Waals surface area (Å²) in [5, 5.41) is 11.7. The number of hydrogen-bond acceptors (Lipinski definition) is 4. The normalized spacial score (nSPS) is 11.7. The highest BCUT2D eigenvalue weighted by Crippen LogP contribution is 2.03. The van der Waals surface area contributed by atoms with Crippen LogP contribution in [-0.2, 0) is 9.59 Å². The highest BCUT2D eigenvalue weighted by Gasteiger charge is 2.13. The van der Waals surface area contributed by atoms with Crippen LogP contribution >= 0.6 is 0 Å². The van der Waals surface area contributed by atoms with Gasteiger partial charge in [0.25, 0.3) is 0 Å². The summed E-state index contributed by atoms with van der Waals surface area (Å²) in [6.07, 6.45) is 0.258. The lowest BCUT2D eigenvalue weighted by Gasteiger charge is -2.20. The monoisotopic (exact) mass is 362 g/mol. The molecule has 0 aliphatic rings. The topological polar surface area (TPSA) is 108 Å². The minimum Gasteiger partial charge on any atom is -0.357 e. The van der Waals surface area contributed by atoms with E-state index in [1.54, 1.807) is 6.07 Å². The maximum Gasteiger partial charge on any atom is 0.242 e. The minimum atomic E-state index is -0.291. The fourth-order valence-corrected chi connectivity index (χ4v) is 2.06. The summed E-state index contributed by atoms with van der Waals surface area (Å²) in [7, 11) is 0. The molecule has 8 heteroatoms. The standard InChI is InChI=1S/C18H30N6O2/c1-6-19-17(21-12-16(26)24-18(3,4)5)20-11-10-15(25)23-14-9-7-8-13(2)22-14/h7-9H,6,10-12H2,1-5H3,(H,24,26)(H2,19,20,21)(H,22,23,25).